The zero-order valence-electron chi connectivity index (χ0n) is 10.8. The van der Waals surface area contributed by atoms with Gasteiger partial charge in [-0.25, -0.2) is 0 Å². The van der Waals surface area contributed by atoms with Crippen molar-refractivity contribution in [3.63, 3.8) is 0 Å². The second-order valence-corrected chi connectivity index (χ2v) is 10.0. The van der Waals surface area contributed by atoms with E-state index in [1.807, 2.05) is 0 Å². The monoisotopic (exact) mass is 257 g/mol. The van der Waals surface area contributed by atoms with Gasteiger partial charge in [-0.3, -0.25) is 14.5 Å². The number of amides is 2. The topological polar surface area (TPSA) is 37.4 Å². The first-order valence-electron chi connectivity index (χ1n) is 5.85. The van der Waals surface area contributed by atoms with Crippen LogP contribution in [0.1, 0.15) is 20.7 Å². The van der Waals surface area contributed by atoms with Crippen molar-refractivity contribution in [2.45, 2.75) is 19.6 Å². The first kappa shape index (κ1) is 12.6. The van der Waals surface area contributed by atoms with E-state index in [0.717, 1.165) is 0 Å². The number of rotatable bonds is 1. The number of fused-ring (bicyclic) bond motifs is 1. The molecule has 1 aliphatic rings. The highest BCUT2D eigenvalue weighted by molar-refractivity contribution is 6.83. The van der Waals surface area contributed by atoms with Crippen LogP contribution in [0.5, 0.6) is 0 Å². The average molecular weight is 257 g/mol. The van der Waals surface area contributed by atoms with Gasteiger partial charge in [-0.15, -0.1) is 5.54 Å². The van der Waals surface area contributed by atoms with Crippen molar-refractivity contribution in [2.24, 2.45) is 0 Å². The lowest BCUT2D eigenvalue weighted by Gasteiger charge is -2.10. The maximum Gasteiger partial charge on any atom is 0.262 e. The van der Waals surface area contributed by atoms with E-state index in [4.69, 9.17) is 0 Å². The van der Waals surface area contributed by atoms with E-state index >= 15 is 0 Å². The predicted molar refractivity (Wildman–Crippen MR) is 72.9 cm³/mol. The number of carbonyl (C=O) groups is 2. The molecule has 0 saturated carbocycles. The van der Waals surface area contributed by atoms with Crippen molar-refractivity contribution >= 4 is 19.9 Å². The maximum atomic E-state index is 12.0. The first-order chi connectivity index (χ1) is 8.40. The van der Waals surface area contributed by atoms with Crippen LogP contribution in [-0.2, 0) is 0 Å². The summed E-state index contributed by atoms with van der Waals surface area (Å²) in [4.78, 5) is 25.2. The lowest BCUT2D eigenvalue weighted by Crippen LogP contribution is -2.30. The minimum Gasteiger partial charge on any atom is -0.269 e. The van der Waals surface area contributed by atoms with Crippen molar-refractivity contribution in [3.8, 4) is 11.5 Å². The summed E-state index contributed by atoms with van der Waals surface area (Å²) in [6, 6.07) is 6.89. The van der Waals surface area contributed by atoms with Gasteiger partial charge in [-0.05, 0) is 12.1 Å². The average Bonchev–Trinajstić information content (AvgIpc) is 2.53. The summed E-state index contributed by atoms with van der Waals surface area (Å²) in [7, 11) is -1.46. The molecule has 0 bridgehead atoms. The van der Waals surface area contributed by atoms with Gasteiger partial charge in [-0.2, -0.15) is 0 Å². The SMILES string of the molecule is C[Si](C)(C)C#CCN1C(=O)c2ccccc2C1=O. The summed E-state index contributed by atoms with van der Waals surface area (Å²) in [5, 5.41) is 0. The molecular weight excluding hydrogens is 242 g/mol. The second kappa shape index (κ2) is 4.43. The highest BCUT2D eigenvalue weighted by Crippen LogP contribution is 2.21. The van der Waals surface area contributed by atoms with Crippen LogP contribution in [0.2, 0.25) is 19.6 Å². The van der Waals surface area contributed by atoms with E-state index < -0.39 is 8.07 Å². The molecule has 0 aromatic heterocycles. The molecule has 0 fully saturated rings. The summed E-state index contributed by atoms with van der Waals surface area (Å²) in [5.74, 6) is 2.49. The minimum absolute atomic E-state index is 0.191. The molecule has 1 heterocycles. The van der Waals surface area contributed by atoms with Crippen molar-refractivity contribution < 1.29 is 9.59 Å². The van der Waals surface area contributed by atoms with E-state index in [1.165, 1.54) is 4.90 Å². The largest absolute Gasteiger partial charge is 0.269 e. The Morgan fingerprint density at radius 1 is 1.06 bits per heavy atom. The molecule has 0 saturated heterocycles. The van der Waals surface area contributed by atoms with Gasteiger partial charge in [0.1, 0.15) is 8.07 Å². The van der Waals surface area contributed by atoms with Crippen LogP contribution in [0.25, 0.3) is 0 Å². The van der Waals surface area contributed by atoms with Crippen molar-refractivity contribution in [2.75, 3.05) is 6.54 Å². The molecule has 0 aliphatic carbocycles. The Kier molecular flexibility index (Phi) is 3.10. The van der Waals surface area contributed by atoms with Gasteiger partial charge in [0.15, 0.2) is 0 Å². The van der Waals surface area contributed by atoms with Crippen LogP contribution in [0, 0.1) is 11.5 Å². The number of carbonyl (C=O) groups excluding carboxylic acids is 2. The third-order valence-corrected chi connectivity index (χ3v) is 3.51. The molecular formula is C14H15NO2Si. The predicted octanol–water partition coefficient (Wildman–Crippen LogP) is 2.16. The molecule has 0 atom stereocenters. The van der Waals surface area contributed by atoms with Crippen LogP contribution in [0.4, 0.5) is 0 Å². The minimum atomic E-state index is -1.46. The quantitative estimate of drug-likeness (QED) is 0.439. The fourth-order valence-electron chi connectivity index (χ4n) is 1.77. The van der Waals surface area contributed by atoms with E-state index in [-0.39, 0.29) is 18.4 Å². The lowest BCUT2D eigenvalue weighted by atomic mass is 10.1. The molecule has 0 radical (unpaired) electrons. The van der Waals surface area contributed by atoms with Crippen LogP contribution in [-0.4, -0.2) is 31.3 Å². The Morgan fingerprint density at radius 2 is 1.56 bits per heavy atom. The molecule has 3 nitrogen and oxygen atoms in total. The smallest absolute Gasteiger partial charge is 0.262 e. The van der Waals surface area contributed by atoms with Crippen LogP contribution in [0.3, 0.4) is 0 Å². The highest BCUT2D eigenvalue weighted by atomic mass is 28.3. The van der Waals surface area contributed by atoms with Crippen molar-refractivity contribution in [1.82, 2.24) is 4.90 Å². The van der Waals surface area contributed by atoms with Crippen LogP contribution < -0.4 is 0 Å². The van der Waals surface area contributed by atoms with E-state index in [0.29, 0.717) is 11.1 Å². The highest BCUT2D eigenvalue weighted by Gasteiger charge is 2.34. The molecule has 2 rings (SSSR count). The molecule has 92 valence electrons. The summed E-state index contributed by atoms with van der Waals surface area (Å²) in [6.07, 6.45) is 0. The van der Waals surface area contributed by atoms with E-state index in [9.17, 15) is 9.59 Å². The van der Waals surface area contributed by atoms with Crippen LogP contribution in [0.15, 0.2) is 24.3 Å². The molecule has 0 unspecified atom stereocenters. The first-order valence-corrected chi connectivity index (χ1v) is 9.35. The fraction of sp³-hybridized carbons (Fsp3) is 0.286. The third-order valence-electron chi connectivity index (χ3n) is 2.58. The van der Waals surface area contributed by atoms with Gasteiger partial charge in [0.25, 0.3) is 11.8 Å². The Labute approximate surface area is 108 Å². The Morgan fingerprint density at radius 3 is 2.00 bits per heavy atom. The Bertz CT molecular complexity index is 540. The Balaban J connectivity index is 2.21. The zero-order valence-corrected chi connectivity index (χ0v) is 11.8. The number of hydrogen-bond donors (Lipinski definition) is 0. The molecule has 1 aliphatic heterocycles. The molecule has 1 aromatic carbocycles. The van der Waals surface area contributed by atoms with Gasteiger partial charge < -0.3 is 0 Å². The number of imide groups is 1. The third kappa shape index (κ3) is 2.36. The van der Waals surface area contributed by atoms with Gasteiger partial charge in [0, 0.05) is 0 Å². The van der Waals surface area contributed by atoms with Crippen LogP contribution >= 0.6 is 0 Å². The summed E-state index contributed by atoms with van der Waals surface area (Å²) in [6.45, 7) is 6.57. The van der Waals surface area contributed by atoms with Crippen molar-refractivity contribution in [3.05, 3.63) is 35.4 Å². The van der Waals surface area contributed by atoms with Gasteiger partial charge in [0.05, 0.1) is 17.7 Å². The molecule has 1 aromatic rings. The van der Waals surface area contributed by atoms with Gasteiger partial charge in [-0.1, -0.05) is 37.7 Å². The zero-order chi connectivity index (χ0) is 13.3. The molecule has 4 heteroatoms. The Hall–Kier alpha value is -1.86. The molecule has 0 spiro atoms. The maximum absolute atomic E-state index is 12.0. The van der Waals surface area contributed by atoms with E-state index in [2.05, 4.69) is 31.1 Å². The fourth-order valence-corrected chi connectivity index (χ4v) is 2.38. The number of nitrogens with zero attached hydrogens (tertiary/aromatic N) is 1. The van der Waals surface area contributed by atoms with E-state index in [1.54, 1.807) is 24.3 Å². The van der Waals surface area contributed by atoms with Crippen molar-refractivity contribution in [1.29, 1.82) is 0 Å². The standard InChI is InChI=1S/C14H15NO2Si/c1-18(2,3)10-6-9-15-13(16)11-7-4-5-8-12(11)14(15)17/h4-5,7-8H,9H2,1-3H3. The molecule has 2 amide bonds. The summed E-state index contributed by atoms with van der Waals surface area (Å²) < 4.78 is 0. The summed E-state index contributed by atoms with van der Waals surface area (Å²) >= 11 is 0. The second-order valence-electron chi connectivity index (χ2n) is 5.29. The molecule has 0 N–H and O–H groups in total. The van der Waals surface area contributed by atoms with Gasteiger partial charge in [0.2, 0.25) is 0 Å². The molecule has 18 heavy (non-hydrogen) atoms. The normalized spacial score (nSPS) is 14.3. The number of benzene rings is 1. The lowest BCUT2D eigenvalue weighted by molar-refractivity contribution is 0.0675. The summed E-state index contributed by atoms with van der Waals surface area (Å²) in [5.41, 5.74) is 4.13. The van der Waals surface area contributed by atoms with Gasteiger partial charge >= 0.3 is 0 Å². The number of hydrogen-bond acceptors (Lipinski definition) is 2.